The molecule has 0 spiro atoms. The average Bonchev–Trinajstić information content (AvgIpc) is 2.66. The highest BCUT2D eigenvalue weighted by molar-refractivity contribution is 5.84. The van der Waals surface area contributed by atoms with Crippen molar-refractivity contribution in [1.29, 1.82) is 0 Å². The number of nitrogens with zero attached hydrogens (tertiary/aromatic N) is 1. The topological polar surface area (TPSA) is 114 Å². The number of aromatic carboxylic acids is 1. The summed E-state index contributed by atoms with van der Waals surface area (Å²) in [4.78, 5) is 10.7. The smallest absolute Gasteiger partial charge is 0.292 e. The van der Waals surface area contributed by atoms with Gasteiger partial charge in [0.1, 0.15) is 12.2 Å². The van der Waals surface area contributed by atoms with Crippen molar-refractivity contribution in [2.75, 3.05) is 6.61 Å². The molecule has 0 bridgehead atoms. The molecule has 0 amide bonds. The lowest BCUT2D eigenvalue weighted by Gasteiger charge is -2.10. The first-order chi connectivity index (χ1) is 8.54. The van der Waals surface area contributed by atoms with Gasteiger partial charge in [-0.15, -0.1) is 0 Å². The summed E-state index contributed by atoms with van der Waals surface area (Å²) in [6.45, 7) is -0.435. The lowest BCUT2D eigenvalue weighted by Crippen LogP contribution is -2.46. The highest BCUT2D eigenvalue weighted by Gasteiger charge is 2.47. The van der Waals surface area contributed by atoms with Crippen LogP contribution in [0.4, 0.5) is 0 Å². The van der Waals surface area contributed by atoms with Gasteiger partial charge in [-0.2, -0.15) is 4.57 Å². The standard InChI is InChI=1S/C11H13NO6/c13-5-7-8(14)9(15)10(18-7)12-3-1-2-6(4-12)11(16)17/h1-4,7-10,13-15H,5H2/t7-,8-,9-,10-/m1/s1/i1+1,2+1,3+1,4+1,6+1,11+1. The van der Waals surface area contributed by atoms with Crippen molar-refractivity contribution in [2.24, 2.45) is 0 Å². The van der Waals surface area contributed by atoms with E-state index in [0.717, 1.165) is 0 Å². The van der Waals surface area contributed by atoms with Gasteiger partial charge in [0.2, 0.25) is 0 Å². The quantitative estimate of drug-likeness (QED) is 0.393. The lowest BCUT2D eigenvalue weighted by molar-refractivity contribution is -0.765. The van der Waals surface area contributed by atoms with Crippen LogP contribution < -0.4 is 9.67 Å². The first-order valence-corrected chi connectivity index (χ1v) is 5.39. The Hall–Kier alpha value is -1.54. The predicted molar refractivity (Wildman–Crippen MR) is 54.0 cm³/mol. The molecule has 1 aromatic rings. The van der Waals surface area contributed by atoms with Crippen LogP contribution in [0, 0.1) is 0 Å². The number of hydrogen-bond donors (Lipinski definition) is 3. The molecule has 1 aromatic heterocycles. The summed E-state index contributed by atoms with van der Waals surface area (Å²) in [7, 11) is 0. The zero-order chi connectivity index (χ0) is 13.3. The summed E-state index contributed by atoms with van der Waals surface area (Å²) >= 11 is 0. The van der Waals surface area contributed by atoms with Gasteiger partial charge < -0.3 is 30.0 Å². The van der Waals surface area contributed by atoms with Crippen LogP contribution in [0.1, 0.15) is 16.6 Å². The molecule has 0 saturated carbocycles. The molecule has 0 radical (unpaired) electrons. The van der Waals surface area contributed by atoms with E-state index in [1.165, 1.54) is 29.1 Å². The van der Waals surface area contributed by atoms with Crippen molar-refractivity contribution >= 4 is 5.97 Å². The van der Waals surface area contributed by atoms with Gasteiger partial charge in [-0.3, -0.25) is 0 Å². The second-order valence-electron chi connectivity index (χ2n) is 4.06. The number of pyridine rings is 1. The molecular formula is C11H13NO6. The summed E-state index contributed by atoms with van der Waals surface area (Å²) in [5.41, 5.74) is -0.0739. The summed E-state index contributed by atoms with van der Waals surface area (Å²) in [6, 6.07) is 2.80. The Bertz CT molecular complexity index is 451. The first-order valence-electron chi connectivity index (χ1n) is 5.39. The number of aliphatic hydroxyl groups is 3. The first kappa shape index (κ1) is 12.9. The molecule has 0 aliphatic carbocycles. The maximum Gasteiger partial charge on any atom is 0.292 e. The molecule has 1 aliphatic heterocycles. The molecule has 18 heavy (non-hydrogen) atoms. The van der Waals surface area contributed by atoms with Gasteiger partial charge in [-0.25, -0.2) is 0 Å². The minimum Gasteiger partial charge on any atom is -0.545 e. The summed E-state index contributed by atoms with van der Waals surface area (Å²) < 4.78 is 6.57. The highest BCUT2D eigenvalue weighted by atomic mass is 16.6. The molecule has 98 valence electrons. The summed E-state index contributed by atoms with van der Waals surface area (Å²) in [6.07, 6.45) is -1.59. The molecule has 0 unspecified atom stereocenters. The largest absolute Gasteiger partial charge is 0.545 e. The lowest BCUT2D eigenvalue weighted by atomic mass is 10.1. The Morgan fingerprint density at radius 2 is 2.17 bits per heavy atom. The molecule has 2 rings (SSSR count). The molecule has 1 aliphatic rings. The summed E-state index contributed by atoms with van der Waals surface area (Å²) in [5, 5.41) is 39.0. The van der Waals surface area contributed by atoms with E-state index in [0.29, 0.717) is 0 Å². The van der Waals surface area contributed by atoms with Crippen LogP contribution in [0.5, 0.6) is 0 Å². The Morgan fingerprint density at radius 3 is 2.72 bits per heavy atom. The number of rotatable bonds is 3. The van der Waals surface area contributed by atoms with Gasteiger partial charge in [-0.05, 0) is 6.07 Å². The van der Waals surface area contributed by atoms with Crippen LogP contribution in [0.3, 0.4) is 0 Å². The molecule has 4 atom stereocenters. The second kappa shape index (κ2) is 4.99. The van der Waals surface area contributed by atoms with Crippen LogP contribution in [-0.4, -0.2) is 46.2 Å². The fourth-order valence-electron chi connectivity index (χ4n) is 1.90. The van der Waals surface area contributed by atoms with Crippen LogP contribution in [0.2, 0.25) is 0 Å². The molecule has 1 saturated heterocycles. The van der Waals surface area contributed by atoms with E-state index in [2.05, 4.69) is 0 Å². The molecule has 1 fully saturated rings. The fraction of sp³-hybridized carbons (Fsp3) is 0.455. The van der Waals surface area contributed by atoms with Crippen LogP contribution >= 0.6 is 0 Å². The summed E-state index contributed by atoms with van der Waals surface area (Å²) in [5.74, 6) is -1.35. The van der Waals surface area contributed by atoms with E-state index in [9.17, 15) is 20.1 Å². The maximum absolute atomic E-state index is 10.7. The van der Waals surface area contributed by atoms with Crippen molar-refractivity contribution in [1.82, 2.24) is 0 Å². The third-order valence-corrected chi connectivity index (χ3v) is 2.87. The second-order valence-corrected chi connectivity index (χ2v) is 4.06. The van der Waals surface area contributed by atoms with Crippen molar-refractivity contribution in [3.8, 4) is 0 Å². The minimum atomic E-state index is -1.35. The molecule has 0 aromatic carbocycles. The van der Waals surface area contributed by atoms with Gasteiger partial charge in [0.15, 0.2) is 18.5 Å². The number of aliphatic hydroxyl groups excluding tert-OH is 3. The Morgan fingerprint density at radius 1 is 1.44 bits per heavy atom. The Balaban J connectivity index is 2.27. The monoisotopic (exact) mass is 261 g/mol. The van der Waals surface area contributed by atoms with Gasteiger partial charge in [0.25, 0.3) is 6.23 Å². The van der Waals surface area contributed by atoms with Crippen LogP contribution in [-0.2, 0) is 4.74 Å². The average molecular weight is 261 g/mol. The third kappa shape index (κ3) is 2.21. The van der Waals surface area contributed by atoms with E-state index < -0.39 is 37.1 Å². The molecule has 7 heteroatoms. The van der Waals surface area contributed by atoms with Gasteiger partial charge >= 0.3 is 0 Å². The van der Waals surface area contributed by atoms with Crippen molar-refractivity contribution in [2.45, 2.75) is 24.5 Å². The highest BCUT2D eigenvalue weighted by Crippen LogP contribution is 2.24. The SMILES string of the molecule is O=[13C]([O-])[13c]1[13cH][13cH][13cH][n+]([C@@H]2O[C@H](CO)[C@@H](O)[C@H]2O)[13cH]1. The number of carbonyl (C=O) groups is 1. The van der Waals surface area contributed by atoms with Gasteiger partial charge in [0, 0.05) is 6.07 Å². The number of carbonyl (C=O) groups excluding carboxylic acids is 1. The normalized spacial score (nSPS) is 31.5. The fourth-order valence-corrected chi connectivity index (χ4v) is 1.90. The van der Waals surface area contributed by atoms with E-state index in [1.807, 2.05) is 0 Å². The van der Waals surface area contributed by atoms with Crippen molar-refractivity contribution in [3.63, 3.8) is 0 Å². The Kier molecular flexibility index (Phi) is 3.58. The number of carboxylic acids is 1. The van der Waals surface area contributed by atoms with Gasteiger partial charge in [0.05, 0.1) is 18.1 Å². The number of ether oxygens (including phenoxy) is 1. The molecule has 2 heterocycles. The van der Waals surface area contributed by atoms with Crippen molar-refractivity contribution < 1.29 is 34.5 Å². The van der Waals surface area contributed by atoms with Crippen molar-refractivity contribution in [3.05, 3.63) is 30.1 Å². The predicted octanol–water partition coefficient (Wildman–Crippen LogP) is -3.05. The van der Waals surface area contributed by atoms with E-state index >= 15 is 0 Å². The molecular weight excluding hydrogens is 248 g/mol. The zero-order valence-electron chi connectivity index (χ0n) is 9.34. The minimum absolute atomic E-state index is 0.0739. The molecule has 7 nitrogen and oxygen atoms in total. The molecule has 3 N–H and O–H groups in total. The van der Waals surface area contributed by atoms with Crippen LogP contribution in [0.25, 0.3) is 0 Å². The third-order valence-electron chi connectivity index (χ3n) is 2.87. The van der Waals surface area contributed by atoms with Crippen LogP contribution in [0.15, 0.2) is 24.5 Å². The van der Waals surface area contributed by atoms with E-state index in [4.69, 9.17) is 9.84 Å². The van der Waals surface area contributed by atoms with E-state index in [-0.39, 0.29) is 5.56 Å². The maximum atomic E-state index is 10.7. The number of hydrogen-bond acceptors (Lipinski definition) is 6. The Labute approximate surface area is 102 Å². The van der Waals surface area contributed by atoms with Gasteiger partial charge in [-0.1, -0.05) is 0 Å². The number of aromatic nitrogens is 1. The zero-order valence-corrected chi connectivity index (χ0v) is 9.34. The van der Waals surface area contributed by atoms with E-state index in [1.54, 1.807) is 0 Å². The number of carboxylic acid groups (broad SMARTS) is 1.